The minimum Gasteiger partial charge on any atom is -0.497 e. The highest BCUT2D eigenvalue weighted by molar-refractivity contribution is 7.92. The zero-order valence-electron chi connectivity index (χ0n) is 19.6. The second kappa shape index (κ2) is 11.2. The van der Waals surface area contributed by atoms with Crippen molar-refractivity contribution in [1.82, 2.24) is 5.32 Å². The molecule has 0 aliphatic heterocycles. The van der Waals surface area contributed by atoms with Crippen LogP contribution in [-0.4, -0.2) is 47.4 Å². The number of nitrogens with zero attached hydrogens (tertiary/aromatic N) is 1. The lowest BCUT2D eigenvalue weighted by molar-refractivity contribution is -0.121. The van der Waals surface area contributed by atoms with Crippen molar-refractivity contribution in [1.29, 1.82) is 0 Å². The topological polar surface area (TPSA) is 84.9 Å². The molecule has 0 unspecified atom stereocenters. The summed E-state index contributed by atoms with van der Waals surface area (Å²) < 4.78 is 36.4. The Morgan fingerprint density at radius 3 is 2.12 bits per heavy atom. The highest BCUT2D eigenvalue weighted by Gasteiger charge is 2.17. The summed E-state index contributed by atoms with van der Waals surface area (Å²) in [6, 6.07) is 14.7. The Morgan fingerprint density at radius 2 is 1.59 bits per heavy atom. The van der Waals surface area contributed by atoms with Crippen LogP contribution in [0.5, 0.6) is 11.5 Å². The third-order valence-electron chi connectivity index (χ3n) is 4.94. The van der Waals surface area contributed by atoms with E-state index in [-0.39, 0.29) is 24.3 Å². The number of carbonyl (C=O) groups is 1. The fraction of sp³-hybridized carbons (Fsp3) is 0.458. The van der Waals surface area contributed by atoms with E-state index < -0.39 is 10.0 Å². The average Bonchev–Trinajstić information content (AvgIpc) is 2.73. The van der Waals surface area contributed by atoms with Crippen LogP contribution < -0.4 is 19.1 Å². The predicted molar refractivity (Wildman–Crippen MR) is 128 cm³/mol. The summed E-state index contributed by atoms with van der Waals surface area (Å²) in [6.45, 7) is 7.44. The molecule has 2 aromatic carbocycles. The molecule has 0 aliphatic rings. The summed E-state index contributed by atoms with van der Waals surface area (Å²) in [5.74, 6) is 1.27. The molecule has 176 valence electrons. The van der Waals surface area contributed by atoms with Crippen molar-refractivity contribution >= 4 is 21.6 Å². The SMILES string of the molecule is COc1ccc(N(CCCC(=O)NCCOc2ccc(C(C)(C)C)cc2)S(C)(=O)=O)cc1. The first-order valence-electron chi connectivity index (χ1n) is 10.6. The first-order valence-corrected chi connectivity index (χ1v) is 12.5. The van der Waals surface area contributed by atoms with Crippen molar-refractivity contribution in [2.45, 2.75) is 39.0 Å². The first-order chi connectivity index (χ1) is 15.0. The highest BCUT2D eigenvalue weighted by atomic mass is 32.2. The summed E-state index contributed by atoms with van der Waals surface area (Å²) in [6.07, 6.45) is 1.78. The van der Waals surface area contributed by atoms with Gasteiger partial charge in [-0.05, 0) is 53.8 Å². The van der Waals surface area contributed by atoms with Crippen LogP contribution in [0, 0.1) is 0 Å². The number of benzene rings is 2. The highest BCUT2D eigenvalue weighted by Crippen LogP contribution is 2.24. The maximum absolute atomic E-state index is 12.2. The van der Waals surface area contributed by atoms with Crippen LogP contribution in [0.15, 0.2) is 48.5 Å². The molecular weight excluding hydrogens is 428 g/mol. The van der Waals surface area contributed by atoms with E-state index in [0.29, 0.717) is 31.0 Å². The molecular formula is C24H34N2O5S. The molecule has 2 rings (SSSR count). The number of amides is 1. The van der Waals surface area contributed by atoms with Crippen LogP contribution in [0.1, 0.15) is 39.2 Å². The summed E-state index contributed by atoms with van der Waals surface area (Å²) >= 11 is 0. The predicted octanol–water partition coefficient (Wildman–Crippen LogP) is 3.73. The Labute approximate surface area is 191 Å². The Kier molecular flexibility index (Phi) is 8.95. The van der Waals surface area contributed by atoms with E-state index in [1.807, 2.05) is 24.3 Å². The fourth-order valence-corrected chi connectivity index (χ4v) is 4.08. The third-order valence-corrected chi connectivity index (χ3v) is 6.13. The molecule has 0 radical (unpaired) electrons. The van der Waals surface area contributed by atoms with Crippen molar-refractivity contribution in [3.8, 4) is 11.5 Å². The van der Waals surface area contributed by atoms with Crippen LogP contribution in [0.25, 0.3) is 0 Å². The van der Waals surface area contributed by atoms with E-state index in [2.05, 4.69) is 26.1 Å². The zero-order valence-corrected chi connectivity index (χ0v) is 20.4. The fourth-order valence-electron chi connectivity index (χ4n) is 3.12. The molecule has 32 heavy (non-hydrogen) atoms. The minimum absolute atomic E-state index is 0.0898. The molecule has 0 heterocycles. The molecule has 0 spiro atoms. The van der Waals surface area contributed by atoms with Crippen molar-refractivity contribution in [3.63, 3.8) is 0 Å². The number of methoxy groups -OCH3 is 1. The van der Waals surface area contributed by atoms with E-state index in [0.717, 1.165) is 12.0 Å². The maximum atomic E-state index is 12.2. The molecule has 0 bridgehead atoms. The van der Waals surface area contributed by atoms with Gasteiger partial charge in [-0.2, -0.15) is 0 Å². The summed E-state index contributed by atoms with van der Waals surface area (Å²) in [5, 5.41) is 2.81. The standard InChI is InChI=1S/C24H34N2O5S/c1-24(2,3)19-8-12-22(13-9-19)31-18-16-25-23(27)7-6-17-26(32(5,28)29)20-10-14-21(30-4)15-11-20/h8-15H,6-7,16-18H2,1-5H3,(H,25,27). The summed E-state index contributed by atoms with van der Waals surface area (Å²) in [4.78, 5) is 12.1. The van der Waals surface area contributed by atoms with Crippen molar-refractivity contribution in [3.05, 3.63) is 54.1 Å². The molecule has 0 fully saturated rings. The monoisotopic (exact) mass is 462 g/mol. The van der Waals surface area contributed by atoms with E-state index >= 15 is 0 Å². The van der Waals surface area contributed by atoms with Gasteiger partial charge in [0, 0.05) is 13.0 Å². The smallest absolute Gasteiger partial charge is 0.232 e. The van der Waals surface area contributed by atoms with Gasteiger partial charge in [0.25, 0.3) is 0 Å². The quantitative estimate of drug-likeness (QED) is 0.514. The molecule has 8 heteroatoms. The van der Waals surface area contributed by atoms with E-state index in [1.54, 1.807) is 31.4 Å². The number of carbonyl (C=O) groups excluding carboxylic acids is 1. The van der Waals surface area contributed by atoms with Gasteiger partial charge in [0.2, 0.25) is 15.9 Å². The lowest BCUT2D eigenvalue weighted by Gasteiger charge is -2.22. The van der Waals surface area contributed by atoms with Crippen molar-refractivity contribution in [2.24, 2.45) is 0 Å². The zero-order chi connectivity index (χ0) is 23.8. The second-order valence-electron chi connectivity index (χ2n) is 8.61. The molecule has 0 atom stereocenters. The number of hydrogen-bond donors (Lipinski definition) is 1. The van der Waals surface area contributed by atoms with Gasteiger partial charge in [-0.25, -0.2) is 8.42 Å². The Hall–Kier alpha value is -2.74. The van der Waals surface area contributed by atoms with Gasteiger partial charge in [-0.15, -0.1) is 0 Å². The van der Waals surface area contributed by atoms with Crippen LogP contribution in [-0.2, 0) is 20.2 Å². The van der Waals surface area contributed by atoms with E-state index in [1.165, 1.54) is 9.87 Å². The molecule has 0 aromatic heterocycles. The minimum atomic E-state index is -3.46. The molecule has 1 amide bonds. The number of sulfonamides is 1. The molecule has 1 N–H and O–H groups in total. The summed E-state index contributed by atoms with van der Waals surface area (Å²) in [5.41, 5.74) is 1.86. The number of anilines is 1. The number of hydrogen-bond acceptors (Lipinski definition) is 5. The van der Waals surface area contributed by atoms with Gasteiger partial charge in [0.05, 0.1) is 25.6 Å². The first kappa shape index (κ1) is 25.5. The van der Waals surface area contributed by atoms with Crippen LogP contribution in [0.4, 0.5) is 5.69 Å². The van der Waals surface area contributed by atoms with Gasteiger partial charge >= 0.3 is 0 Å². The van der Waals surface area contributed by atoms with Crippen LogP contribution in [0.2, 0.25) is 0 Å². The Bertz CT molecular complexity index is 965. The molecule has 0 aliphatic carbocycles. The summed E-state index contributed by atoms with van der Waals surface area (Å²) in [7, 11) is -1.91. The van der Waals surface area contributed by atoms with Crippen LogP contribution in [0.3, 0.4) is 0 Å². The van der Waals surface area contributed by atoms with Crippen molar-refractivity contribution in [2.75, 3.05) is 37.4 Å². The third kappa shape index (κ3) is 8.07. The molecule has 7 nitrogen and oxygen atoms in total. The van der Waals surface area contributed by atoms with Gasteiger partial charge < -0.3 is 14.8 Å². The molecule has 0 saturated carbocycles. The Balaban J connectivity index is 1.74. The van der Waals surface area contributed by atoms with Gasteiger partial charge in [-0.3, -0.25) is 9.10 Å². The van der Waals surface area contributed by atoms with Crippen LogP contribution >= 0.6 is 0 Å². The molecule has 2 aromatic rings. The number of nitrogens with one attached hydrogen (secondary N) is 1. The average molecular weight is 463 g/mol. The normalized spacial score (nSPS) is 11.7. The van der Waals surface area contributed by atoms with Crippen molar-refractivity contribution < 1.29 is 22.7 Å². The Morgan fingerprint density at radius 1 is 1.00 bits per heavy atom. The molecule has 0 saturated heterocycles. The van der Waals surface area contributed by atoms with Gasteiger partial charge in [0.15, 0.2) is 0 Å². The van der Waals surface area contributed by atoms with E-state index in [4.69, 9.17) is 9.47 Å². The number of ether oxygens (including phenoxy) is 2. The largest absolute Gasteiger partial charge is 0.497 e. The number of rotatable bonds is 11. The van der Waals surface area contributed by atoms with Gasteiger partial charge in [0.1, 0.15) is 18.1 Å². The lowest BCUT2D eigenvalue weighted by atomic mass is 9.87. The maximum Gasteiger partial charge on any atom is 0.232 e. The second-order valence-corrected chi connectivity index (χ2v) is 10.5. The van der Waals surface area contributed by atoms with E-state index in [9.17, 15) is 13.2 Å². The van der Waals surface area contributed by atoms with Gasteiger partial charge in [-0.1, -0.05) is 32.9 Å². The lowest BCUT2D eigenvalue weighted by Crippen LogP contribution is -2.32.